The molecular weight excluding hydrogens is 456 g/mol. The maximum atomic E-state index is 13.1. The zero-order valence-electron chi connectivity index (χ0n) is 20.9. The van der Waals surface area contributed by atoms with Gasteiger partial charge in [0, 0.05) is 45.3 Å². The molecule has 0 radical (unpaired) electrons. The standard InChI is InChI=1S/C29H32N2O5/c1-33-22-5-7-23(8-6-22)35-17-3-12-30-13-15-31(16-14-30)20-21-4-11-27-26(18-21)29(32)25-10-9-24(34-2)19-28(25)36-27/h4-11,18-19H,3,12-17,20H2,1-2H3. The van der Waals surface area contributed by atoms with Gasteiger partial charge in [0.2, 0.25) is 5.43 Å². The molecule has 1 fully saturated rings. The second-order valence-electron chi connectivity index (χ2n) is 9.12. The summed E-state index contributed by atoms with van der Waals surface area (Å²) in [5, 5.41) is 1.20. The summed E-state index contributed by atoms with van der Waals surface area (Å²) in [7, 11) is 3.26. The lowest BCUT2D eigenvalue weighted by Gasteiger charge is -2.34. The van der Waals surface area contributed by atoms with Gasteiger partial charge in [0.1, 0.15) is 28.4 Å². The van der Waals surface area contributed by atoms with Crippen LogP contribution in [0, 0.1) is 0 Å². The molecule has 0 unspecified atom stereocenters. The largest absolute Gasteiger partial charge is 0.497 e. The summed E-state index contributed by atoms with van der Waals surface area (Å²) in [6.45, 7) is 6.62. The van der Waals surface area contributed by atoms with Crippen molar-refractivity contribution in [3.8, 4) is 17.2 Å². The molecule has 188 valence electrons. The molecule has 1 aliphatic heterocycles. The van der Waals surface area contributed by atoms with Crippen molar-refractivity contribution in [3.05, 3.63) is 76.5 Å². The Morgan fingerprint density at radius 1 is 0.750 bits per heavy atom. The first-order chi connectivity index (χ1) is 17.6. The van der Waals surface area contributed by atoms with Crippen molar-refractivity contribution < 1.29 is 18.6 Å². The van der Waals surface area contributed by atoms with Crippen molar-refractivity contribution >= 4 is 21.9 Å². The summed E-state index contributed by atoms with van der Waals surface area (Å²) in [5.74, 6) is 2.38. The van der Waals surface area contributed by atoms with Gasteiger partial charge in [-0.25, -0.2) is 0 Å². The van der Waals surface area contributed by atoms with Crippen LogP contribution in [-0.4, -0.2) is 63.4 Å². The summed E-state index contributed by atoms with van der Waals surface area (Å²) in [6.07, 6.45) is 0.992. The molecular formula is C29H32N2O5. The van der Waals surface area contributed by atoms with Crippen molar-refractivity contribution in [1.29, 1.82) is 0 Å². The summed E-state index contributed by atoms with van der Waals surface area (Å²) in [5.41, 5.74) is 2.28. The van der Waals surface area contributed by atoms with Gasteiger partial charge in [0.05, 0.1) is 31.6 Å². The Kier molecular flexibility index (Phi) is 7.39. The first-order valence-corrected chi connectivity index (χ1v) is 12.4. The summed E-state index contributed by atoms with van der Waals surface area (Å²) < 4.78 is 22.3. The quantitative estimate of drug-likeness (QED) is 0.253. The van der Waals surface area contributed by atoms with Crippen LogP contribution in [0.4, 0.5) is 0 Å². The number of methoxy groups -OCH3 is 2. The lowest BCUT2D eigenvalue weighted by Crippen LogP contribution is -2.46. The fraction of sp³-hybridized carbons (Fsp3) is 0.345. The smallest absolute Gasteiger partial charge is 0.200 e. The first kappa shape index (κ1) is 24.2. The van der Waals surface area contributed by atoms with E-state index in [0.29, 0.717) is 34.3 Å². The molecule has 0 aliphatic carbocycles. The first-order valence-electron chi connectivity index (χ1n) is 12.4. The van der Waals surface area contributed by atoms with Crippen LogP contribution in [-0.2, 0) is 6.54 Å². The van der Waals surface area contributed by atoms with Crippen LogP contribution in [0.5, 0.6) is 17.2 Å². The number of nitrogens with zero attached hydrogens (tertiary/aromatic N) is 2. The van der Waals surface area contributed by atoms with Crippen molar-refractivity contribution in [3.63, 3.8) is 0 Å². The monoisotopic (exact) mass is 488 g/mol. The fourth-order valence-electron chi connectivity index (χ4n) is 4.69. The van der Waals surface area contributed by atoms with E-state index < -0.39 is 0 Å². The van der Waals surface area contributed by atoms with Gasteiger partial charge in [-0.2, -0.15) is 0 Å². The second kappa shape index (κ2) is 11.0. The van der Waals surface area contributed by atoms with E-state index in [1.165, 1.54) is 0 Å². The average Bonchev–Trinajstić information content (AvgIpc) is 2.92. The average molecular weight is 489 g/mol. The highest BCUT2D eigenvalue weighted by molar-refractivity contribution is 5.90. The van der Waals surface area contributed by atoms with Crippen LogP contribution in [0.1, 0.15) is 12.0 Å². The van der Waals surface area contributed by atoms with Crippen molar-refractivity contribution in [2.45, 2.75) is 13.0 Å². The van der Waals surface area contributed by atoms with E-state index in [2.05, 4.69) is 15.9 Å². The van der Waals surface area contributed by atoms with Gasteiger partial charge >= 0.3 is 0 Å². The van der Waals surface area contributed by atoms with Gasteiger partial charge in [-0.1, -0.05) is 6.07 Å². The van der Waals surface area contributed by atoms with Gasteiger partial charge in [0.25, 0.3) is 0 Å². The summed E-state index contributed by atoms with van der Waals surface area (Å²) in [4.78, 5) is 18.0. The van der Waals surface area contributed by atoms with Gasteiger partial charge in [-0.05, 0) is 60.5 Å². The molecule has 7 heteroatoms. The lowest BCUT2D eigenvalue weighted by molar-refractivity contribution is 0.121. The molecule has 4 aromatic rings. The molecule has 5 rings (SSSR count). The number of ether oxygens (including phenoxy) is 3. The normalized spacial score (nSPS) is 14.8. The number of fused-ring (bicyclic) bond motifs is 2. The van der Waals surface area contributed by atoms with E-state index in [-0.39, 0.29) is 5.43 Å². The highest BCUT2D eigenvalue weighted by atomic mass is 16.5. The maximum Gasteiger partial charge on any atom is 0.200 e. The Morgan fingerprint density at radius 3 is 2.19 bits per heavy atom. The maximum absolute atomic E-state index is 13.1. The number of hydrogen-bond donors (Lipinski definition) is 0. The van der Waals surface area contributed by atoms with E-state index in [1.807, 2.05) is 36.4 Å². The third kappa shape index (κ3) is 5.48. The van der Waals surface area contributed by atoms with Crippen LogP contribution in [0.3, 0.4) is 0 Å². The molecule has 0 atom stereocenters. The van der Waals surface area contributed by atoms with Gasteiger partial charge in [0.15, 0.2) is 0 Å². The van der Waals surface area contributed by atoms with E-state index in [9.17, 15) is 4.79 Å². The highest BCUT2D eigenvalue weighted by Crippen LogP contribution is 2.24. The third-order valence-electron chi connectivity index (χ3n) is 6.76. The minimum absolute atomic E-state index is 0.00238. The summed E-state index contributed by atoms with van der Waals surface area (Å²) >= 11 is 0. The highest BCUT2D eigenvalue weighted by Gasteiger charge is 2.17. The summed E-state index contributed by atoms with van der Waals surface area (Å²) in [6, 6.07) is 19.0. The zero-order valence-corrected chi connectivity index (χ0v) is 20.9. The van der Waals surface area contributed by atoms with Crippen molar-refractivity contribution in [2.75, 3.05) is 53.6 Å². The molecule has 3 aromatic carbocycles. The number of benzene rings is 3. The molecule has 36 heavy (non-hydrogen) atoms. The van der Waals surface area contributed by atoms with Crippen molar-refractivity contribution in [1.82, 2.24) is 9.80 Å². The van der Waals surface area contributed by atoms with Crippen molar-refractivity contribution in [2.24, 2.45) is 0 Å². The molecule has 1 saturated heterocycles. The van der Waals surface area contributed by atoms with Gasteiger partial charge in [-0.3, -0.25) is 9.69 Å². The molecule has 1 aromatic heterocycles. The SMILES string of the molecule is COc1ccc(OCCCN2CCN(Cc3ccc4oc5cc(OC)ccc5c(=O)c4c3)CC2)cc1. The van der Waals surface area contributed by atoms with Crippen LogP contribution in [0.15, 0.2) is 69.9 Å². The van der Waals surface area contributed by atoms with Gasteiger partial charge < -0.3 is 23.5 Å². The Hall–Kier alpha value is -3.55. The van der Waals surface area contributed by atoms with E-state index >= 15 is 0 Å². The van der Waals surface area contributed by atoms with Crippen LogP contribution in [0.25, 0.3) is 21.9 Å². The molecule has 2 heterocycles. The van der Waals surface area contributed by atoms with E-state index in [0.717, 1.165) is 62.8 Å². The predicted molar refractivity (Wildman–Crippen MR) is 141 cm³/mol. The van der Waals surface area contributed by atoms with Crippen LogP contribution < -0.4 is 19.6 Å². The predicted octanol–water partition coefficient (Wildman–Crippen LogP) is 4.55. The molecule has 0 N–H and O–H groups in total. The topological polar surface area (TPSA) is 64.4 Å². The fourth-order valence-corrected chi connectivity index (χ4v) is 4.69. The number of piperazine rings is 1. The second-order valence-corrected chi connectivity index (χ2v) is 9.12. The molecule has 0 saturated carbocycles. The van der Waals surface area contributed by atoms with Gasteiger partial charge in [-0.15, -0.1) is 0 Å². The Bertz CT molecular complexity index is 1370. The van der Waals surface area contributed by atoms with Crippen LogP contribution in [0.2, 0.25) is 0 Å². The molecule has 0 spiro atoms. The Morgan fingerprint density at radius 2 is 1.44 bits per heavy atom. The van der Waals surface area contributed by atoms with Crippen LogP contribution >= 0.6 is 0 Å². The van der Waals surface area contributed by atoms with E-state index in [1.54, 1.807) is 32.4 Å². The minimum atomic E-state index is -0.00238. The number of hydrogen-bond acceptors (Lipinski definition) is 7. The molecule has 7 nitrogen and oxygen atoms in total. The Labute approximate surface area is 210 Å². The van der Waals surface area contributed by atoms with E-state index in [4.69, 9.17) is 18.6 Å². The number of rotatable bonds is 9. The molecule has 1 aliphatic rings. The zero-order chi connectivity index (χ0) is 24.9. The Balaban J connectivity index is 1.12. The molecule has 0 amide bonds. The molecule has 0 bridgehead atoms. The third-order valence-corrected chi connectivity index (χ3v) is 6.76. The lowest BCUT2D eigenvalue weighted by atomic mass is 10.1. The minimum Gasteiger partial charge on any atom is -0.497 e.